The molecule has 0 amide bonds. The van der Waals surface area contributed by atoms with E-state index in [0.29, 0.717) is 22.4 Å². The van der Waals surface area contributed by atoms with Crippen molar-refractivity contribution in [3.8, 4) is 0 Å². The van der Waals surface area contributed by atoms with Crippen LogP contribution in [0.25, 0.3) is 11.0 Å². The van der Waals surface area contributed by atoms with Crippen molar-refractivity contribution < 1.29 is 5.11 Å². The maximum atomic E-state index is 9.97. The average molecular weight is 321 g/mol. The van der Waals surface area contributed by atoms with E-state index in [1.165, 1.54) is 0 Å². The molecule has 2 aromatic carbocycles. The first-order valence-corrected chi connectivity index (χ1v) is 7.39. The molecule has 3 aromatic rings. The molecule has 5 heteroatoms. The van der Waals surface area contributed by atoms with E-state index in [2.05, 4.69) is 4.98 Å². The highest BCUT2D eigenvalue weighted by molar-refractivity contribution is 6.36. The lowest BCUT2D eigenvalue weighted by Gasteiger charge is -2.13. The van der Waals surface area contributed by atoms with Crippen LogP contribution in [0.1, 0.15) is 24.4 Å². The maximum Gasteiger partial charge on any atom is 0.138 e. The van der Waals surface area contributed by atoms with Gasteiger partial charge < -0.3 is 9.67 Å². The highest BCUT2D eigenvalue weighted by atomic mass is 35.5. The number of halogens is 2. The van der Waals surface area contributed by atoms with Crippen molar-refractivity contribution in [2.75, 3.05) is 0 Å². The second-order valence-electron chi connectivity index (χ2n) is 4.92. The summed E-state index contributed by atoms with van der Waals surface area (Å²) in [6, 6.07) is 13.2. The minimum absolute atomic E-state index is 0.471. The summed E-state index contributed by atoms with van der Waals surface area (Å²) in [7, 11) is 0. The molecule has 0 bridgehead atoms. The zero-order valence-electron chi connectivity index (χ0n) is 11.4. The van der Waals surface area contributed by atoms with Gasteiger partial charge in [-0.1, -0.05) is 41.4 Å². The van der Waals surface area contributed by atoms with Crippen molar-refractivity contribution >= 4 is 34.2 Å². The Kier molecular flexibility index (Phi) is 3.89. The Morgan fingerprint density at radius 1 is 1.10 bits per heavy atom. The number of hydrogen-bond acceptors (Lipinski definition) is 2. The monoisotopic (exact) mass is 320 g/mol. The number of para-hydroxylation sites is 2. The van der Waals surface area contributed by atoms with Crippen LogP contribution in [0, 0.1) is 0 Å². The number of hydrogen-bond donors (Lipinski definition) is 1. The Hall–Kier alpha value is -1.55. The SMILES string of the molecule is C[C@H](O)c1nc2ccccc2n1Cc1c(Cl)cccc1Cl. The summed E-state index contributed by atoms with van der Waals surface area (Å²) in [6.07, 6.45) is -0.668. The van der Waals surface area contributed by atoms with E-state index in [1.54, 1.807) is 6.92 Å². The standard InChI is InChI=1S/C16H14Cl2N2O/c1-10(21)16-19-14-7-2-3-8-15(14)20(16)9-11-12(17)5-4-6-13(11)18/h2-8,10,21H,9H2,1H3/t10-/m0/s1. The van der Waals surface area contributed by atoms with Crippen molar-refractivity contribution in [3.05, 3.63) is 63.9 Å². The number of imidazole rings is 1. The number of aliphatic hydroxyl groups excluding tert-OH is 1. The van der Waals surface area contributed by atoms with Crippen LogP contribution in [0.3, 0.4) is 0 Å². The predicted octanol–water partition coefficient (Wildman–Crippen LogP) is 4.44. The average Bonchev–Trinajstić information content (AvgIpc) is 2.82. The number of benzene rings is 2. The molecule has 0 unspecified atom stereocenters. The van der Waals surface area contributed by atoms with E-state index < -0.39 is 6.10 Å². The van der Waals surface area contributed by atoms with Gasteiger partial charge in [-0.15, -0.1) is 0 Å². The molecule has 1 aromatic heterocycles. The predicted molar refractivity (Wildman–Crippen MR) is 85.9 cm³/mol. The number of rotatable bonds is 3. The normalized spacial score (nSPS) is 12.8. The molecule has 1 N–H and O–H groups in total. The Morgan fingerprint density at radius 3 is 2.43 bits per heavy atom. The van der Waals surface area contributed by atoms with Crippen molar-refractivity contribution in [3.63, 3.8) is 0 Å². The minimum atomic E-state index is -0.668. The molecule has 1 heterocycles. The molecule has 0 aliphatic rings. The fraction of sp³-hybridized carbons (Fsp3) is 0.188. The summed E-state index contributed by atoms with van der Waals surface area (Å²) in [5.41, 5.74) is 2.62. The van der Waals surface area contributed by atoms with Gasteiger partial charge in [-0.05, 0) is 31.2 Å². The van der Waals surface area contributed by atoms with Gasteiger partial charge in [-0.3, -0.25) is 0 Å². The summed E-state index contributed by atoms with van der Waals surface area (Å²) >= 11 is 12.5. The van der Waals surface area contributed by atoms with Gasteiger partial charge in [0.2, 0.25) is 0 Å². The molecular formula is C16H14Cl2N2O. The van der Waals surface area contributed by atoms with Gasteiger partial charge in [0.15, 0.2) is 0 Å². The smallest absolute Gasteiger partial charge is 0.138 e. The lowest BCUT2D eigenvalue weighted by molar-refractivity contribution is 0.185. The summed E-state index contributed by atoms with van der Waals surface area (Å²) in [4.78, 5) is 4.49. The first-order chi connectivity index (χ1) is 10.1. The quantitative estimate of drug-likeness (QED) is 0.774. The van der Waals surface area contributed by atoms with E-state index >= 15 is 0 Å². The molecule has 108 valence electrons. The van der Waals surface area contributed by atoms with Gasteiger partial charge in [0.1, 0.15) is 11.9 Å². The van der Waals surface area contributed by atoms with Crippen LogP contribution in [0.2, 0.25) is 10.0 Å². The third-order valence-electron chi connectivity index (χ3n) is 3.44. The van der Waals surface area contributed by atoms with Crippen LogP contribution in [0.4, 0.5) is 0 Å². The van der Waals surface area contributed by atoms with Crippen LogP contribution in [0.15, 0.2) is 42.5 Å². The van der Waals surface area contributed by atoms with E-state index in [0.717, 1.165) is 16.6 Å². The lowest BCUT2D eigenvalue weighted by Crippen LogP contribution is -2.08. The Morgan fingerprint density at radius 2 is 1.76 bits per heavy atom. The van der Waals surface area contributed by atoms with E-state index in [1.807, 2.05) is 47.0 Å². The topological polar surface area (TPSA) is 38.1 Å². The molecule has 0 saturated carbocycles. The van der Waals surface area contributed by atoms with Gasteiger partial charge in [-0.2, -0.15) is 0 Å². The van der Waals surface area contributed by atoms with Crippen LogP contribution in [0.5, 0.6) is 0 Å². The molecule has 0 aliphatic heterocycles. The summed E-state index contributed by atoms with van der Waals surface area (Å²) in [5, 5.41) is 11.2. The zero-order valence-corrected chi connectivity index (χ0v) is 12.9. The molecule has 0 spiro atoms. The van der Waals surface area contributed by atoms with Crippen LogP contribution < -0.4 is 0 Å². The third-order valence-corrected chi connectivity index (χ3v) is 4.14. The van der Waals surface area contributed by atoms with Gasteiger partial charge >= 0.3 is 0 Å². The highest BCUT2D eigenvalue weighted by Gasteiger charge is 2.16. The first-order valence-electron chi connectivity index (χ1n) is 6.64. The molecule has 3 rings (SSSR count). The minimum Gasteiger partial charge on any atom is -0.385 e. The van der Waals surface area contributed by atoms with Crippen molar-refractivity contribution in [2.45, 2.75) is 19.6 Å². The second kappa shape index (κ2) is 5.68. The number of fused-ring (bicyclic) bond motifs is 1. The van der Waals surface area contributed by atoms with Crippen LogP contribution in [-0.2, 0) is 6.54 Å². The molecule has 3 nitrogen and oxygen atoms in total. The largest absolute Gasteiger partial charge is 0.385 e. The molecular weight excluding hydrogens is 307 g/mol. The lowest BCUT2D eigenvalue weighted by atomic mass is 10.2. The fourth-order valence-corrected chi connectivity index (χ4v) is 2.94. The molecule has 21 heavy (non-hydrogen) atoms. The fourth-order valence-electron chi connectivity index (χ4n) is 2.42. The summed E-state index contributed by atoms with van der Waals surface area (Å²) in [5.74, 6) is 0.604. The van der Waals surface area contributed by atoms with Crippen molar-refractivity contribution in [1.29, 1.82) is 0 Å². The van der Waals surface area contributed by atoms with Crippen molar-refractivity contribution in [2.24, 2.45) is 0 Å². The Bertz CT molecular complexity index is 776. The number of nitrogens with zero attached hydrogens (tertiary/aromatic N) is 2. The summed E-state index contributed by atoms with van der Waals surface area (Å²) in [6.45, 7) is 2.17. The molecule has 0 fully saturated rings. The number of aliphatic hydroxyl groups is 1. The van der Waals surface area contributed by atoms with Crippen LogP contribution in [-0.4, -0.2) is 14.7 Å². The third kappa shape index (κ3) is 2.64. The second-order valence-corrected chi connectivity index (χ2v) is 5.74. The van der Waals surface area contributed by atoms with E-state index in [4.69, 9.17) is 23.2 Å². The molecule has 0 saturated heterocycles. The highest BCUT2D eigenvalue weighted by Crippen LogP contribution is 2.28. The molecule has 0 aliphatic carbocycles. The van der Waals surface area contributed by atoms with Crippen LogP contribution >= 0.6 is 23.2 Å². The zero-order chi connectivity index (χ0) is 15.0. The van der Waals surface area contributed by atoms with Gasteiger partial charge in [-0.25, -0.2) is 4.98 Å². The van der Waals surface area contributed by atoms with Crippen molar-refractivity contribution in [1.82, 2.24) is 9.55 Å². The van der Waals surface area contributed by atoms with E-state index in [-0.39, 0.29) is 0 Å². The summed E-state index contributed by atoms with van der Waals surface area (Å²) < 4.78 is 1.95. The maximum absolute atomic E-state index is 9.97. The van der Waals surface area contributed by atoms with Gasteiger partial charge in [0.25, 0.3) is 0 Å². The molecule has 0 radical (unpaired) electrons. The van der Waals surface area contributed by atoms with Gasteiger partial charge in [0, 0.05) is 15.6 Å². The van der Waals surface area contributed by atoms with E-state index in [9.17, 15) is 5.11 Å². The first kappa shape index (κ1) is 14.4. The molecule has 1 atom stereocenters. The van der Waals surface area contributed by atoms with Gasteiger partial charge in [0.05, 0.1) is 17.6 Å². The Balaban J connectivity index is 2.17. The Labute approximate surface area is 132 Å². The number of aromatic nitrogens is 2.